The summed E-state index contributed by atoms with van der Waals surface area (Å²) in [6.07, 6.45) is 3.79. The Morgan fingerprint density at radius 2 is 1.91 bits per heavy atom. The fourth-order valence-corrected chi connectivity index (χ4v) is 1.85. The average Bonchev–Trinajstić information content (AvgIpc) is 1.82. The molecule has 0 aromatic rings. The molecule has 5 heteroatoms. The Morgan fingerprint density at radius 3 is 2.18 bits per heavy atom. The number of carbonyl (C=O) groups is 2. The van der Waals surface area contributed by atoms with Crippen LogP contribution in [0.2, 0.25) is 0 Å². The first-order chi connectivity index (χ1) is 4.87. The number of carbonyl (C=O) groups excluding carboxylic acids is 2. The lowest BCUT2D eigenvalue weighted by Gasteiger charge is -2.19. The van der Waals surface area contributed by atoms with Gasteiger partial charge in [-0.25, -0.2) is 4.79 Å². The summed E-state index contributed by atoms with van der Waals surface area (Å²) >= 11 is 3.33. The van der Waals surface area contributed by atoms with Crippen LogP contribution < -0.4 is 0 Å². The van der Waals surface area contributed by atoms with E-state index in [4.69, 9.17) is 0 Å². The summed E-state index contributed by atoms with van der Waals surface area (Å²) in [5, 5.41) is 0. The van der Waals surface area contributed by atoms with Crippen molar-refractivity contribution in [2.45, 2.75) is 0 Å². The molecule has 0 aliphatic rings. The van der Waals surface area contributed by atoms with Gasteiger partial charge in [-0.15, -0.1) is 0 Å². The predicted molar refractivity (Wildman–Crippen MR) is 50.3 cm³/mol. The summed E-state index contributed by atoms with van der Waals surface area (Å²) in [5.74, 6) is -0.992. The smallest absolute Gasteiger partial charge is 0.375 e. The molecule has 0 radical (unpaired) electrons. The zero-order valence-electron chi connectivity index (χ0n) is 6.72. The van der Waals surface area contributed by atoms with Gasteiger partial charge in [0.05, 0.1) is 12.9 Å². The van der Waals surface area contributed by atoms with E-state index in [-0.39, 0.29) is 5.75 Å². The van der Waals surface area contributed by atoms with Crippen LogP contribution >= 0.6 is 23.3 Å². The quantitative estimate of drug-likeness (QED) is 0.550. The van der Waals surface area contributed by atoms with Crippen LogP contribution in [0, 0.1) is 0 Å². The van der Waals surface area contributed by atoms with Crippen molar-refractivity contribution in [3.63, 3.8) is 0 Å². The average molecular weight is 243 g/mol. The highest BCUT2D eigenvalue weighted by Gasteiger charge is 2.19. The molecule has 0 heterocycles. The third-order valence-corrected chi connectivity index (χ3v) is 2.52. The molecule has 0 aromatic heterocycles. The minimum absolute atomic E-state index is 0.236. The molecule has 66 valence electrons. The van der Waals surface area contributed by atoms with E-state index in [1.807, 2.05) is 12.5 Å². The van der Waals surface area contributed by atoms with Crippen molar-refractivity contribution in [2.75, 3.05) is 25.4 Å². The maximum atomic E-state index is 10.9. The van der Waals surface area contributed by atoms with Crippen molar-refractivity contribution in [3.05, 3.63) is 0 Å². The van der Waals surface area contributed by atoms with E-state index in [0.29, 0.717) is 0 Å². The van der Waals surface area contributed by atoms with Crippen molar-refractivity contribution in [1.82, 2.24) is 0 Å². The number of methoxy groups -OCH3 is 1. The summed E-state index contributed by atoms with van der Waals surface area (Å²) < 4.78 is 4.26. The van der Waals surface area contributed by atoms with Gasteiger partial charge in [0, 0.05) is 0 Å². The second kappa shape index (κ2) is 4.11. The fraction of sp³-hybridized carbons (Fsp3) is 0.667. The molecule has 0 saturated heterocycles. The first-order valence-corrected chi connectivity index (χ1v) is 7.35. The molecular formula is C6H11BrO3S. The van der Waals surface area contributed by atoms with Crippen LogP contribution in [0.5, 0.6) is 0 Å². The molecule has 0 rings (SSSR count). The number of esters is 1. The van der Waals surface area contributed by atoms with Gasteiger partial charge in [0.2, 0.25) is 5.78 Å². The monoisotopic (exact) mass is 242 g/mol. The SMILES string of the molecule is COC(=O)C(=O)CS(C)(C)Br. The van der Waals surface area contributed by atoms with Gasteiger partial charge < -0.3 is 4.74 Å². The first kappa shape index (κ1) is 11.0. The minimum atomic E-state index is -1.12. The van der Waals surface area contributed by atoms with E-state index in [0.717, 1.165) is 0 Å². The Morgan fingerprint density at radius 1 is 1.45 bits per heavy atom. The van der Waals surface area contributed by atoms with Crippen LogP contribution in [0.1, 0.15) is 0 Å². The summed E-state index contributed by atoms with van der Waals surface area (Å²) in [6, 6.07) is 0. The number of halogens is 1. The van der Waals surface area contributed by atoms with E-state index in [1.54, 1.807) is 0 Å². The highest BCUT2D eigenvalue weighted by Crippen LogP contribution is 2.47. The largest absolute Gasteiger partial charge is 0.463 e. The topological polar surface area (TPSA) is 43.4 Å². The molecule has 0 spiro atoms. The summed E-state index contributed by atoms with van der Waals surface area (Å²) in [4.78, 5) is 21.5. The zero-order valence-corrected chi connectivity index (χ0v) is 9.12. The minimum Gasteiger partial charge on any atom is -0.463 e. The molecular weight excluding hydrogens is 232 g/mol. The lowest BCUT2D eigenvalue weighted by Crippen LogP contribution is -2.20. The van der Waals surface area contributed by atoms with Crippen LogP contribution in [-0.4, -0.2) is 37.1 Å². The van der Waals surface area contributed by atoms with Crippen molar-refractivity contribution in [1.29, 1.82) is 0 Å². The Balaban J connectivity index is 3.99. The molecule has 0 fully saturated rings. The van der Waals surface area contributed by atoms with Gasteiger partial charge in [-0.3, -0.25) is 4.79 Å². The third kappa shape index (κ3) is 5.26. The molecule has 0 saturated carbocycles. The summed E-state index contributed by atoms with van der Waals surface area (Å²) in [6.45, 7) is 0. The first-order valence-electron chi connectivity index (χ1n) is 2.88. The lowest BCUT2D eigenvalue weighted by atomic mass is 10.5. The molecule has 0 N–H and O–H groups in total. The Hall–Kier alpha value is -0.0300. The Kier molecular flexibility index (Phi) is 4.10. The van der Waals surface area contributed by atoms with Gasteiger partial charge in [-0.05, 0) is 27.3 Å². The van der Waals surface area contributed by atoms with Gasteiger partial charge in [-0.1, -0.05) is 0 Å². The van der Waals surface area contributed by atoms with E-state index in [1.165, 1.54) is 7.11 Å². The number of hydrogen-bond acceptors (Lipinski definition) is 3. The number of ketones is 1. The van der Waals surface area contributed by atoms with Crippen molar-refractivity contribution < 1.29 is 14.3 Å². The highest BCUT2D eigenvalue weighted by atomic mass is 79.9. The molecule has 0 aromatic carbocycles. The molecule has 0 bridgehead atoms. The van der Waals surface area contributed by atoms with Crippen molar-refractivity contribution in [2.24, 2.45) is 0 Å². The van der Waals surface area contributed by atoms with Crippen molar-refractivity contribution in [3.8, 4) is 0 Å². The van der Waals surface area contributed by atoms with E-state index >= 15 is 0 Å². The van der Waals surface area contributed by atoms with E-state index < -0.39 is 20.2 Å². The van der Waals surface area contributed by atoms with Crippen molar-refractivity contribution >= 4 is 35.0 Å². The Labute approximate surface area is 75.0 Å². The summed E-state index contributed by atoms with van der Waals surface area (Å²) in [5.41, 5.74) is 0. The van der Waals surface area contributed by atoms with Gasteiger partial charge in [0.25, 0.3) is 0 Å². The molecule has 0 unspecified atom stereocenters. The molecule has 0 aliphatic carbocycles. The molecule has 0 amide bonds. The maximum absolute atomic E-state index is 10.9. The third-order valence-electron chi connectivity index (χ3n) is 0.887. The van der Waals surface area contributed by atoms with Crippen LogP contribution in [0.3, 0.4) is 0 Å². The van der Waals surface area contributed by atoms with Gasteiger partial charge in [0.1, 0.15) is 0 Å². The van der Waals surface area contributed by atoms with E-state index in [9.17, 15) is 9.59 Å². The van der Waals surface area contributed by atoms with Crippen LogP contribution in [0.4, 0.5) is 0 Å². The normalized spacial score (nSPS) is 12.4. The predicted octanol–water partition coefficient (Wildman–Crippen LogP) is 1.10. The molecule has 0 aliphatic heterocycles. The zero-order chi connectivity index (χ0) is 9.07. The number of hydrogen-bond donors (Lipinski definition) is 0. The molecule has 3 nitrogen and oxygen atoms in total. The molecule has 11 heavy (non-hydrogen) atoms. The number of Topliss-reactive ketones (excluding diaryl/α,β-unsaturated/α-hetero) is 1. The second-order valence-electron chi connectivity index (χ2n) is 2.46. The maximum Gasteiger partial charge on any atom is 0.375 e. The van der Waals surface area contributed by atoms with Crippen LogP contribution in [0.25, 0.3) is 0 Å². The van der Waals surface area contributed by atoms with Gasteiger partial charge in [-0.2, -0.15) is 8.46 Å². The molecule has 0 atom stereocenters. The highest BCUT2D eigenvalue weighted by molar-refractivity contribution is 9.58. The second-order valence-corrected chi connectivity index (χ2v) is 10.8. The van der Waals surface area contributed by atoms with Gasteiger partial charge >= 0.3 is 5.97 Å². The standard InChI is InChI=1S/C6H11BrO3S/c1-10-6(9)5(8)4-11(2,3)7/h4H2,1-3H3. The van der Waals surface area contributed by atoms with Crippen LogP contribution in [-0.2, 0) is 14.3 Å². The van der Waals surface area contributed by atoms with E-state index in [2.05, 4.69) is 19.5 Å². The number of ether oxygens (including phenoxy) is 1. The Bertz CT molecular complexity index is 173. The summed E-state index contributed by atoms with van der Waals surface area (Å²) in [7, 11) is 0.0888. The fourth-order valence-electron chi connectivity index (χ4n) is 0.484. The lowest BCUT2D eigenvalue weighted by molar-refractivity contribution is -0.150. The van der Waals surface area contributed by atoms with Crippen LogP contribution in [0.15, 0.2) is 0 Å². The van der Waals surface area contributed by atoms with Gasteiger partial charge in [0.15, 0.2) is 0 Å². The number of rotatable bonds is 3.